The molecule has 0 saturated carbocycles. The highest BCUT2D eigenvalue weighted by Gasteiger charge is 2.10. The second-order valence-electron chi connectivity index (χ2n) is 4.60. The lowest BCUT2D eigenvalue weighted by Gasteiger charge is -1.98. The Balaban J connectivity index is 1.79. The van der Waals surface area contributed by atoms with Crippen LogP contribution >= 0.6 is 27.3 Å². The van der Waals surface area contributed by atoms with Crippen LogP contribution < -0.4 is 0 Å². The zero-order valence-corrected chi connectivity index (χ0v) is 12.5. The minimum atomic E-state index is 1.04. The maximum absolute atomic E-state index is 3.52. The van der Waals surface area contributed by atoms with Gasteiger partial charge in [-0.1, -0.05) is 34.1 Å². The number of hydrogen-bond acceptors (Lipinski definition) is 1. The molecule has 2 aromatic rings. The van der Waals surface area contributed by atoms with Gasteiger partial charge in [0, 0.05) is 9.35 Å². The smallest absolute Gasteiger partial charge is 0.0273 e. The van der Waals surface area contributed by atoms with E-state index in [1.165, 1.54) is 27.1 Å². The molecule has 0 saturated heterocycles. The lowest BCUT2D eigenvalue weighted by molar-refractivity contribution is 1.24. The Hall–Kier alpha value is -1.12. The molecule has 0 spiro atoms. The van der Waals surface area contributed by atoms with E-state index in [1.807, 2.05) is 0 Å². The molecule has 1 heterocycles. The van der Waals surface area contributed by atoms with E-state index in [4.69, 9.17) is 0 Å². The monoisotopic (exact) mass is 316 g/mol. The van der Waals surface area contributed by atoms with Crippen LogP contribution in [0.25, 0.3) is 12.2 Å². The highest BCUT2D eigenvalue weighted by molar-refractivity contribution is 9.10. The van der Waals surface area contributed by atoms with Gasteiger partial charge >= 0.3 is 0 Å². The number of rotatable bonds is 2. The number of hydrogen-bond donors (Lipinski definition) is 0. The topological polar surface area (TPSA) is 0 Å². The Labute approximate surface area is 120 Å². The maximum atomic E-state index is 3.52. The molecule has 1 aromatic heterocycles. The summed E-state index contributed by atoms with van der Waals surface area (Å²) in [4.78, 5) is 1.32. The first kappa shape index (κ1) is 11.9. The van der Waals surface area contributed by atoms with Crippen molar-refractivity contribution in [3.05, 3.63) is 67.3 Å². The predicted octanol–water partition coefficient (Wildman–Crippen LogP) is 5.47. The standard InChI is InChI=1S/C16H13BrS/c1-11-6-16(18-10-11)5-2-12-7-13-3-4-15(17)9-14(13)8-12/h2-7,9-10H,8H2,1H3/b5-2+. The SMILES string of the molecule is Cc1csc(/C=C/C2=Cc3ccc(Br)cc3C2)c1. The average Bonchev–Trinajstić information content (AvgIpc) is 2.92. The Bertz CT molecular complexity index is 647. The first-order valence-corrected chi connectivity index (χ1v) is 7.60. The summed E-state index contributed by atoms with van der Waals surface area (Å²) in [7, 11) is 0. The van der Waals surface area contributed by atoms with Crippen LogP contribution in [0.1, 0.15) is 21.6 Å². The van der Waals surface area contributed by atoms with Gasteiger partial charge < -0.3 is 0 Å². The van der Waals surface area contributed by atoms with Crippen molar-refractivity contribution in [3.63, 3.8) is 0 Å². The molecule has 0 fully saturated rings. The van der Waals surface area contributed by atoms with Gasteiger partial charge in [0.15, 0.2) is 0 Å². The largest absolute Gasteiger partial charge is 0.144 e. The zero-order chi connectivity index (χ0) is 12.5. The zero-order valence-electron chi connectivity index (χ0n) is 10.1. The van der Waals surface area contributed by atoms with E-state index in [-0.39, 0.29) is 0 Å². The van der Waals surface area contributed by atoms with E-state index in [0.717, 1.165) is 10.9 Å². The van der Waals surface area contributed by atoms with Gasteiger partial charge in [0.1, 0.15) is 0 Å². The molecule has 1 aromatic carbocycles. The molecule has 0 N–H and O–H groups in total. The number of thiophene rings is 1. The van der Waals surface area contributed by atoms with Gasteiger partial charge in [0.05, 0.1) is 0 Å². The number of fused-ring (bicyclic) bond motifs is 1. The molecule has 2 heteroatoms. The molecule has 1 aliphatic rings. The third-order valence-corrected chi connectivity index (χ3v) is 4.56. The second-order valence-corrected chi connectivity index (χ2v) is 6.46. The molecule has 90 valence electrons. The van der Waals surface area contributed by atoms with E-state index in [9.17, 15) is 0 Å². The molecule has 0 aliphatic heterocycles. The van der Waals surface area contributed by atoms with E-state index >= 15 is 0 Å². The minimum absolute atomic E-state index is 1.04. The number of allylic oxidation sites excluding steroid dienone is 2. The highest BCUT2D eigenvalue weighted by atomic mass is 79.9. The van der Waals surface area contributed by atoms with Gasteiger partial charge in [-0.05, 0) is 65.3 Å². The molecular weight excluding hydrogens is 304 g/mol. The predicted molar refractivity (Wildman–Crippen MR) is 83.9 cm³/mol. The Kier molecular flexibility index (Phi) is 3.23. The highest BCUT2D eigenvalue weighted by Crippen LogP contribution is 2.29. The molecule has 18 heavy (non-hydrogen) atoms. The summed E-state index contributed by atoms with van der Waals surface area (Å²) in [5.74, 6) is 0. The van der Waals surface area contributed by atoms with Gasteiger partial charge in [0.2, 0.25) is 0 Å². The van der Waals surface area contributed by atoms with Crippen LogP contribution in [-0.2, 0) is 6.42 Å². The quantitative estimate of drug-likeness (QED) is 0.689. The van der Waals surface area contributed by atoms with Crippen molar-refractivity contribution < 1.29 is 0 Å². The third kappa shape index (κ3) is 2.50. The molecule has 0 amide bonds. The molecule has 0 radical (unpaired) electrons. The van der Waals surface area contributed by atoms with Crippen molar-refractivity contribution in [3.8, 4) is 0 Å². The summed E-state index contributed by atoms with van der Waals surface area (Å²) < 4.78 is 1.16. The maximum Gasteiger partial charge on any atom is 0.0273 e. The van der Waals surface area contributed by atoms with Gasteiger partial charge in [-0.15, -0.1) is 11.3 Å². The summed E-state index contributed by atoms with van der Waals surface area (Å²) in [5.41, 5.74) is 5.48. The minimum Gasteiger partial charge on any atom is -0.144 e. The molecule has 3 rings (SSSR count). The van der Waals surface area contributed by atoms with Crippen LogP contribution in [0.2, 0.25) is 0 Å². The Morgan fingerprint density at radius 3 is 2.89 bits per heavy atom. The van der Waals surface area contributed by atoms with Crippen LogP contribution in [0.5, 0.6) is 0 Å². The van der Waals surface area contributed by atoms with Crippen LogP contribution in [-0.4, -0.2) is 0 Å². The van der Waals surface area contributed by atoms with Crippen molar-refractivity contribution in [2.45, 2.75) is 13.3 Å². The number of aryl methyl sites for hydroxylation is 1. The lowest BCUT2D eigenvalue weighted by atomic mass is 10.1. The first-order valence-electron chi connectivity index (χ1n) is 5.93. The fourth-order valence-corrected chi connectivity index (χ4v) is 3.37. The van der Waals surface area contributed by atoms with E-state index in [0.29, 0.717) is 0 Å². The molecule has 0 unspecified atom stereocenters. The van der Waals surface area contributed by atoms with E-state index < -0.39 is 0 Å². The molecular formula is C16H13BrS. The van der Waals surface area contributed by atoms with Crippen molar-refractivity contribution >= 4 is 39.4 Å². The lowest BCUT2D eigenvalue weighted by Crippen LogP contribution is -1.82. The van der Waals surface area contributed by atoms with Gasteiger partial charge in [-0.25, -0.2) is 0 Å². The van der Waals surface area contributed by atoms with Crippen LogP contribution in [0, 0.1) is 6.92 Å². The van der Waals surface area contributed by atoms with Crippen LogP contribution in [0.3, 0.4) is 0 Å². The van der Waals surface area contributed by atoms with Crippen molar-refractivity contribution in [1.82, 2.24) is 0 Å². The molecule has 1 aliphatic carbocycles. The molecule has 0 nitrogen and oxygen atoms in total. The normalized spacial score (nSPS) is 14.0. The van der Waals surface area contributed by atoms with E-state index in [1.54, 1.807) is 11.3 Å². The van der Waals surface area contributed by atoms with Crippen LogP contribution in [0.4, 0.5) is 0 Å². The first-order chi connectivity index (χ1) is 8.70. The summed E-state index contributed by atoms with van der Waals surface area (Å²) in [6.45, 7) is 2.13. The average molecular weight is 317 g/mol. The van der Waals surface area contributed by atoms with Gasteiger partial charge in [-0.3, -0.25) is 0 Å². The third-order valence-electron chi connectivity index (χ3n) is 3.05. The molecule has 0 atom stereocenters. The van der Waals surface area contributed by atoms with Gasteiger partial charge in [-0.2, -0.15) is 0 Å². The summed E-state index contributed by atoms with van der Waals surface area (Å²) in [6, 6.07) is 8.71. The molecule has 0 bridgehead atoms. The Morgan fingerprint density at radius 1 is 1.22 bits per heavy atom. The fraction of sp³-hybridized carbons (Fsp3) is 0.125. The summed E-state index contributed by atoms with van der Waals surface area (Å²) in [5, 5.41) is 2.19. The summed E-state index contributed by atoms with van der Waals surface area (Å²) in [6.07, 6.45) is 7.76. The van der Waals surface area contributed by atoms with Crippen molar-refractivity contribution in [2.75, 3.05) is 0 Å². The van der Waals surface area contributed by atoms with E-state index in [2.05, 4.69) is 70.7 Å². The van der Waals surface area contributed by atoms with Gasteiger partial charge in [0.25, 0.3) is 0 Å². The van der Waals surface area contributed by atoms with Crippen molar-refractivity contribution in [2.24, 2.45) is 0 Å². The number of benzene rings is 1. The summed E-state index contributed by atoms with van der Waals surface area (Å²) >= 11 is 5.32. The Morgan fingerprint density at radius 2 is 2.11 bits per heavy atom. The number of halogens is 1. The van der Waals surface area contributed by atoms with Crippen molar-refractivity contribution in [1.29, 1.82) is 0 Å². The van der Waals surface area contributed by atoms with Crippen LogP contribution in [0.15, 0.2) is 45.8 Å². The fourth-order valence-electron chi connectivity index (χ4n) is 2.18. The second kappa shape index (κ2) is 4.87.